The summed E-state index contributed by atoms with van der Waals surface area (Å²) in [7, 11) is 0. The molecule has 1 N–H and O–H groups in total. The van der Waals surface area contributed by atoms with E-state index in [1.807, 2.05) is 31.4 Å². The molecule has 0 fully saturated rings. The largest absolute Gasteiger partial charge is 0.301 e. The summed E-state index contributed by atoms with van der Waals surface area (Å²) in [5.74, 6) is 0. The quantitative estimate of drug-likeness (QED) is 0.573. The van der Waals surface area contributed by atoms with Crippen LogP contribution in [-0.2, 0) is 0 Å². The molecule has 0 unspecified atom stereocenters. The highest BCUT2D eigenvalue weighted by molar-refractivity contribution is 7.98. The molecule has 4 heteroatoms. The van der Waals surface area contributed by atoms with Crippen molar-refractivity contribution in [1.29, 1.82) is 0 Å². The lowest BCUT2D eigenvalue weighted by molar-refractivity contribution is 0.977. The van der Waals surface area contributed by atoms with Crippen molar-refractivity contribution in [1.82, 2.24) is 9.97 Å². The first-order valence-corrected chi connectivity index (χ1v) is 5.48. The van der Waals surface area contributed by atoms with Crippen molar-refractivity contribution in [3.63, 3.8) is 0 Å². The molecule has 2 aromatic rings. The van der Waals surface area contributed by atoms with Crippen molar-refractivity contribution < 1.29 is 0 Å². The van der Waals surface area contributed by atoms with Crippen molar-refractivity contribution >= 4 is 22.7 Å². The Balaban J connectivity index is 2.83. The minimum absolute atomic E-state index is 0.0666. The molecule has 0 saturated carbocycles. The van der Waals surface area contributed by atoms with Gasteiger partial charge >= 0.3 is 0 Å². The van der Waals surface area contributed by atoms with Crippen LogP contribution in [0.5, 0.6) is 0 Å². The Bertz CT molecular complexity index is 533. The smallest absolute Gasteiger partial charge is 0.259 e. The molecule has 0 aliphatic heterocycles. The topological polar surface area (TPSA) is 45.8 Å². The second kappa shape index (κ2) is 3.46. The molecule has 1 heterocycles. The number of fused-ring (bicyclic) bond motifs is 1. The Hall–Kier alpha value is -1.29. The van der Waals surface area contributed by atoms with E-state index in [-0.39, 0.29) is 5.56 Å². The highest BCUT2D eigenvalue weighted by Crippen LogP contribution is 2.13. The zero-order valence-corrected chi connectivity index (χ0v) is 8.81. The highest BCUT2D eigenvalue weighted by Gasteiger charge is 2.02. The molecule has 72 valence electrons. The van der Waals surface area contributed by atoms with Crippen LogP contribution >= 0.6 is 11.8 Å². The van der Waals surface area contributed by atoms with Gasteiger partial charge in [0.15, 0.2) is 5.16 Å². The summed E-state index contributed by atoms with van der Waals surface area (Å²) < 4.78 is 0. The molecule has 0 saturated heterocycles. The van der Waals surface area contributed by atoms with Crippen molar-refractivity contribution in [2.24, 2.45) is 0 Å². The van der Waals surface area contributed by atoms with Crippen LogP contribution in [-0.4, -0.2) is 16.2 Å². The van der Waals surface area contributed by atoms with Gasteiger partial charge in [-0.05, 0) is 25.3 Å². The monoisotopic (exact) mass is 206 g/mol. The Morgan fingerprint density at radius 1 is 1.43 bits per heavy atom. The number of hydrogen-bond donors (Lipinski definition) is 1. The van der Waals surface area contributed by atoms with Crippen molar-refractivity contribution in [2.75, 3.05) is 6.26 Å². The number of aromatic nitrogens is 2. The van der Waals surface area contributed by atoms with E-state index in [4.69, 9.17) is 0 Å². The third-order valence-electron chi connectivity index (χ3n) is 2.03. The molecular weight excluding hydrogens is 196 g/mol. The first-order valence-electron chi connectivity index (χ1n) is 4.25. The third-order valence-corrected chi connectivity index (χ3v) is 2.61. The first kappa shape index (κ1) is 9.27. The summed E-state index contributed by atoms with van der Waals surface area (Å²) in [5, 5.41) is 1.31. The molecule has 0 aliphatic rings. The van der Waals surface area contributed by atoms with E-state index in [0.29, 0.717) is 10.5 Å². The summed E-state index contributed by atoms with van der Waals surface area (Å²) in [5.41, 5.74) is 1.76. The van der Waals surface area contributed by atoms with Gasteiger partial charge in [-0.25, -0.2) is 4.98 Å². The van der Waals surface area contributed by atoms with Gasteiger partial charge in [-0.2, -0.15) is 0 Å². The average Bonchev–Trinajstić information content (AvgIpc) is 2.19. The number of nitrogens with one attached hydrogen (secondary N) is 1. The number of thioether (sulfide) groups is 1. The minimum atomic E-state index is -0.0666. The van der Waals surface area contributed by atoms with E-state index in [1.165, 1.54) is 11.8 Å². The Morgan fingerprint density at radius 2 is 2.21 bits per heavy atom. The van der Waals surface area contributed by atoms with Crippen LogP contribution < -0.4 is 5.56 Å². The Labute approximate surface area is 85.6 Å². The molecule has 0 radical (unpaired) electrons. The maximum atomic E-state index is 11.6. The molecule has 1 aromatic heterocycles. The van der Waals surface area contributed by atoms with E-state index < -0.39 is 0 Å². The molecule has 0 bridgehead atoms. The van der Waals surface area contributed by atoms with Crippen molar-refractivity contribution in [2.45, 2.75) is 12.1 Å². The summed E-state index contributed by atoms with van der Waals surface area (Å²) in [6, 6.07) is 5.68. The van der Waals surface area contributed by atoms with Crippen LogP contribution in [0.3, 0.4) is 0 Å². The zero-order valence-electron chi connectivity index (χ0n) is 8.00. The fraction of sp³-hybridized carbons (Fsp3) is 0.200. The van der Waals surface area contributed by atoms with E-state index in [1.54, 1.807) is 0 Å². The zero-order chi connectivity index (χ0) is 10.1. The third kappa shape index (κ3) is 1.53. The summed E-state index contributed by atoms with van der Waals surface area (Å²) >= 11 is 1.44. The lowest BCUT2D eigenvalue weighted by atomic mass is 10.2. The number of nitrogens with zero attached hydrogens (tertiary/aromatic N) is 1. The van der Waals surface area contributed by atoms with Crippen LogP contribution in [0.4, 0.5) is 0 Å². The van der Waals surface area contributed by atoms with Gasteiger partial charge in [0.1, 0.15) is 0 Å². The van der Waals surface area contributed by atoms with Gasteiger partial charge < -0.3 is 4.98 Å². The number of hydrogen-bond acceptors (Lipinski definition) is 3. The molecule has 0 spiro atoms. The van der Waals surface area contributed by atoms with E-state index in [0.717, 1.165) is 11.1 Å². The second-order valence-electron chi connectivity index (χ2n) is 3.10. The average molecular weight is 206 g/mol. The summed E-state index contributed by atoms with van der Waals surface area (Å²) in [4.78, 5) is 18.6. The SMILES string of the molecule is CSc1nc2ccc(C)cc2c(=O)[nH]1. The normalized spacial score (nSPS) is 10.7. The highest BCUT2D eigenvalue weighted by atomic mass is 32.2. The fourth-order valence-electron chi connectivity index (χ4n) is 1.33. The van der Waals surface area contributed by atoms with Gasteiger partial charge in [-0.3, -0.25) is 4.79 Å². The van der Waals surface area contributed by atoms with Gasteiger partial charge in [0, 0.05) is 0 Å². The van der Waals surface area contributed by atoms with E-state index in [9.17, 15) is 4.79 Å². The van der Waals surface area contributed by atoms with Crippen LogP contribution in [0, 0.1) is 6.92 Å². The van der Waals surface area contributed by atoms with Crippen molar-refractivity contribution in [3.8, 4) is 0 Å². The van der Waals surface area contributed by atoms with Gasteiger partial charge in [0.2, 0.25) is 0 Å². The maximum Gasteiger partial charge on any atom is 0.259 e. The van der Waals surface area contributed by atoms with Gasteiger partial charge in [0.05, 0.1) is 10.9 Å². The molecular formula is C10H10N2OS. The van der Waals surface area contributed by atoms with Gasteiger partial charge in [-0.1, -0.05) is 23.4 Å². The van der Waals surface area contributed by atoms with Gasteiger partial charge in [0.25, 0.3) is 5.56 Å². The van der Waals surface area contributed by atoms with E-state index in [2.05, 4.69) is 9.97 Å². The molecule has 1 aromatic carbocycles. The number of aromatic amines is 1. The molecule has 3 nitrogen and oxygen atoms in total. The van der Waals surface area contributed by atoms with Crippen molar-refractivity contribution in [3.05, 3.63) is 34.1 Å². The second-order valence-corrected chi connectivity index (χ2v) is 3.89. The fourth-order valence-corrected chi connectivity index (χ4v) is 1.71. The van der Waals surface area contributed by atoms with Crippen LogP contribution in [0.2, 0.25) is 0 Å². The summed E-state index contributed by atoms with van der Waals surface area (Å²) in [6.45, 7) is 1.96. The summed E-state index contributed by atoms with van der Waals surface area (Å²) in [6.07, 6.45) is 1.89. The van der Waals surface area contributed by atoms with Gasteiger partial charge in [-0.15, -0.1) is 0 Å². The minimum Gasteiger partial charge on any atom is -0.301 e. The Kier molecular flexibility index (Phi) is 2.29. The predicted molar refractivity (Wildman–Crippen MR) is 58.9 cm³/mol. The number of H-pyrrole nitrogens is 1. The lowest BCUT2D eigenvalue weighted by Gasteiger charge is -2.00. The van der Waals surface area contributed by atoms with Crippen LogP contribution in [0.15, 0.2) is 28.2 Å². The first-order chi connectivity index (χ1) is 6.70. The van der Waals surface area contributed by atoms with E-state index >= 15 is 0 Å². The molecule has 2 rings (SSSR count). The lowest BCUT2D eigenvalue weighted by Crippen LogP contribution is -2.08. The standard InChI is InChI=1S/C10H10N2OS/c1-6-3-4-8-7(5-6)9(13)12-10(11-8)14-2/h3-5H,1-2H3,(H,11,12,13). The van der Waals surface area contributed by atoms with Crippen LogP contribution in [0.25, 0.3) is 10.9 Å². The number of aryl methyl sites for hydroxylation is 1. The van der Waals surface area contributed by atoms with Crippen LogP contribution in [0.1, 0.15) is 5.56 Å². The predicted octanol–water partition coefficient (Wildman–Crippen LogP) is 1.95. The molecule has 0 amide bonds. The Morgan fingerprint density at radius 3 is 2.93 bits per heavy atom. The maximum absolute atomic E-state index is 11.6. The molecule has 14 heavy (non-hydrogen) atoms. The number of rotatable bonds is 1. The molecule has 0 aliphatic carbocycles. The molecule has 0 atom stereocenters. The number of benzene rings is 1.